The molecule has 3 aromatic carbocycles. The number of carbonyl (C=O) groups excluding carboxylic acids is 1. The van der Waals surface area contributed by atoms with Gasteiger partial charge in [-0.25, -0.2) is 5.43 Å². The van der Waals surface area contributed by atoms with E-state index in [-0.39, 0.29) is 0 Å². The molecule has 0 radical (unpaired) electrons. The summed E-state index contributed by atoms with van der Waals surface area (Å²) in [4.78, 5) is 12.2. The van der Waals surface area contributed by atoms with Gasteiger partial charge in [0.15, 0.2) is 11.5 Å². The molecule has 0 heterocycles. The Morgan fingerprint density at radius 3 is 2.54 bits per heavy atom. The summed E-state index contributed by atoms with van der Waals surface area (Å²) in [5, 5.41) is 4.40. The molecule has 0 aromatic heterocycles. The van der Waals surface area contributed by atoms with E-state index in [1.165, 1.54) is 6.21 Å². The van der Waals surface area contributed by atoms with Crippen molar-refractivity contribution in [1.29, 1.82) is 0 Å². The molecule has 0 aliphatic carbocycles. The van der Waals surface area contributed by atoms with Gasteiger partial charge in [-0.1, -0.05) is 60.1 Å². The Balaban J connectivity index is 1.75. The molecule has 3 aromatic rings. The number of methoxy groups -OCH3 is 1. The van der Waals surface area contributed by atoms with E-state index >= 15 is 0 Å². The van der Waals surface area contributed by atoms with Crippen LogP contribution in [0.2, 0.25) is 5.02 Å². The van der Waals surface area contributed by atoms with Crippen LogP contribution in [0.4, 0.5) is 0 Å². The number of hydrogen-bond donors (Lipinski definition) is 1. The Morgan fingerprint density at radius 1 is 1.04 bits per heavy atom. The second-order valence-electron chi connectivity index (χ2n) is 5.83. The monoisotopic (exact) mass is 394 g/mol. The van der Waals surface area contributed by atoms with Crippen LogP contribution in [0.5, 0.6) is 11.5 Å². The van der Waals surface area contributed by atoms with Crippen LogP contribution in [-0.2, 0) is 6.61 Å². The van der Waals surface area contributed by atoms with Crippen molar-refractivity contribution in [2.75, 3.05) is 7.11 Å². The largest absolute Gasteiger partial charge is 0.493 e. The van der Waals surface area contributed by atoms with Crippen molar-refractivity contribution < 1.29 is 14.3 Å². The molecule has 0 bridgehead atoms. The fraction of sp³-hybridized carbons (Fsp3) is 0.0909. The number of hydrazone groups is 1. The molecule has 6 heteroatoms. The molecular weight excluding hydrogens is 376 g/mol. The van der Waals surface area contributed by atoms with Gasteiger partial charge in [-0.05, 0) is 29.8 Å². The number of carbonyl (C=O) groups is 1. The summed E-state index contributed by atoms with van der Waals surface area (Å²) in [6, 6.07) is 22.1. The van der Waals surface area contributed by atoms with Crippen molar-refractivity contribution in [2.24, 2.45) is 5.10 Å². The van der Waals surface area contributed by atoms with Gasteiger partial charge in [0.2, 0.25) is 0 Å². The maximum Gasteiger partial charge on any atom is 0.272 e. The quantitative estimate of drug-likeness (QED) is 0.467. The predicted molar refractivity (Wildman–Crippen MR) is 110 cm³/mol. The van der Waals surface area contributed by atoms with Crippen LogP contribution < -0.4 is 14.9 Å². The molecule has 0 aliphatic rings. The minimum Gasteiger partial charge on any atom is -0.493 e. The summed E-state index contributed by atoms with van der Waals surface area (Å²) < 4.78 is 11.4. The van der Waals surface area contributed by atoms with E-state index in [4.69, 9.17) is 21.1 Å². The third kappa shape index (κ3) is 4.90. The average Bonchev–Trinajstić information content (AvgIpc) is 2.73. The molecule has 0 fully saturated rings. The van der Waals surface area contributed by atoms with E-state index in [2.05, 4.69) is 10.5 Å². The van der Waals surface area contributed by atoms with E-state index in [9.17, 15) is 4.79 Å². The minimum atomic E-state index is -0.392. The van der Waals surface area contributed by atoms with Gasteiger partial charge in [-0.3, -0.25) is 4.79 Å². The molecule has 0 aliphatic heterocycles. The van der Waals surface area contributed by atoms with Crippen molar-refractivity contribution in [1.82, 2.24) is 5.43 Å². The highest BCUT2D eigenvalue weighted by Gasteiger charge is 2.11. The van der Waals surface area contributed by atoms with Crippen molar-refractivity contribution in [3.63, 3.8) is 0 Å². The topological polar surface area (TPSA) is 59.9 Å². The first kappa shape index (κ1) is 19.5. The highest BCUT2D eigenvalue weighted by molar-refractivity contribution is 6.33. The fourth-order valence-electron chi connectivity index (χ4n) is 2.55. The summed E-state index contributed by atoms with van der Waals surface area (Å²) in [6.07, 6.45) is 1.51. The second kappa shape index (κ2) is 9.58. The molecule has 0 unspecified atom stereocenters. The second-order valence-corrected chi connectivity index (χ2v) is 6.24. The SMILES string of the molecule is COc1cccc(/C=N\NC(=O)c2ccccc2Cl)c1OCc1ccccc1. The third-order valence-electron chi connectivity index (χ3n) is 3.94. The Bertz CT molecular complexity index is 975. The number of benzene rings is 3. The van der Waals surface area contributed by atoms with E-state index in [0.717, 1.165) is 5.56 Å². The first-order valence-electron chi connectivity index (χ1n) is 8.60. The third-order valence-corrected chi connectivity index (χ3v) is 4.27. The lowest BCUT2D eigenvalue weighted by atomic mass is 10.2. The molecule has 0 saturated carbocycles. The fourth-order valence-corrected chi connectivity index (χ4v) is 2.77. The Hall–Kier alpha value is -3.31. The summed E-state index contributed by atoms with van der Waals surface area (Å²) >= 11 is 6.03. The van der Waals surface area contributed by atoms with Crippen molar-refractivity contribution in [2.45, 2.75) is 6.61 Å². The van der Waals surface area contributed by atoms with Gasteiger partial charge in [-0.15, -0.1) is 0 Å². The summed E-state index contributed by atoms with van der Waals surface area (Å²) in [5.41, 5.74) is 4.54. The molecule has 0 saturated heterocycles. The van der Waals surface area contributed by atoms with E-state index in [1.807, 2.05) is 42.5 Å². The standard InChI is InChI=1S/C22H19ClN2O3/c1-27-20-13-7-10-17(21(20)28-15-16-8-3-2-4-9-16)14-24-25-22(26)18-11-5-6-12-19(18)23/h2-14H,15H2,1H3,(H,25,26)/b24-14-. The number of ether oxygens (including phenoxy) is 2. The van der Waals surface area contributed by atoms with Crippen molar-refractivity contribution in [3.8, 4) is 11.5 Å². The van der Waals surface area contributed by atoms with E-state index in [0.29, 0.717) is 34.3 Å². The number of halogens is 1. The lowest BCUT2D eigenvalue weighted by molar-refractivity contribution is 0.0955. The Morgan fingerprint density at radius 2 is 1.79 bits per heavy atom. The Kier molecular flexibility index (Phi) is 6.65. The zero-order valence-electron chi connectivity index (χ0n) is 15.3. The summed E-state index contributed by atoms with van der Waals surface area (Å²) in [6.45, 7) is 0.383. The lowest BCUT2D eigenvalue weighted by Crippen LogP contribution is -2.18. The first-order valence-corrected chi connectivity index (χ1v) is 8.98. The van der Waals surface area contributed by atoms with Crippen molar-refractivity contribution in [3.05, 3.63) is 94.5 Å². The van der Waals surface area contributed by atoms with Crippen LogP contribution in [0.3, 0.4) is 0 Å². The number of hydrogen-bond acceptors (Lipinski definition) is 4. The molecule has 0 spiro atoms. The molecular formula is C22H19ClN2O3. The number of rotatable bonds is 7. The molecule has 1 N–H and O–H groups in total. The zero-order valence-corrected chi connectivity index (χ0v) is 16.0. The van der Waals surface area contributed by atoms with Gasteiger partial charge in [-0.2, -0.15) is 5.10 Å². The molecule has 1 amide bonds. The van der Waals surface area contributed by atoms with Crippen molar-refractivity contribution >= 4 is 23.7 Å². The molecule has 3 rings (SSSR count). The highest BCUT2D eigenvalue weighted by atomic mass is 35.5. The van der Waals surface area contributed by atoms with Crippen LogP contribution in [-0.4, -0.2) is 19.2 Å². The molecule has 0 atom stereocenters. The minimum absolute atomic E-state index is 0.354. The maximum absolute atomic E-state index is 12.2. The first-order chi connectivity index (χ1) is 13.7. The number of nitrogens with zero attached hydrogens (tertiary/aromatic N) is 1. The van der Waals surface area contributed by atoms with Gasteiger partial charge >= 0.3 is 0 Å². The molecule has 142 valence electrons. The van der Waals surface area contributed by atoms with E-state index < -0.39 is 5.91 Å². The lowest BCUT2D eigenvalue weighted by Gasteiger charge is -2.13. The normalized spacial score (nSPS) is 10.6. The van der Waals surface area contributed by atoms with E-state index in [1.54, 1.807) is 37.4 Å². The summed E-state index contributed by atoms with van der Waals surface area (Å²) in [5.74, 6) is 0.735. The van der Waals surface area contributed by atoms with Gasteiger partial charge in [0, 0.05) is 5.56 Å². The smallest absolute Gasteiger partial charge is 0.272 e. The molecule has 5 nitrogen and oxygen atoms in total. The van der Waals surface area contributed by atoms with Gasteiger partial charge in [0.05, 0.1) is 23.9 Å². The predicted octanol–water partition coefficient (Wildman–Crippen LogP) is 4.69. The van der Waals surface area contributed by atoms with Crippen LogP contribution in [0.15, 0.2) is 77.9 Å². The van der Waals surface area contributed by atoms with Crippen LogP contribution >= 0.6 is 11.6 Å². The number of nitrogens with one attached hydrogen (secondary N) is 1. The van der Waals surface area contributed by atoms with Gasteiger partial charge in [0.25, 0.3) is 5.91 Å². The van der Waals surface area contributed by atoms with Gasteiger partial charge in [0.1, 0.15) is 6.61 Å². The molecule has 28 heavy (non-hydrogen) atoms. The maximum atomic E-state index is 12.2. The van der Waals surface area contributed by atoms with Crippen LogP contribution in [0, 0.1) is 0 Å². The average molecular weight is 395 g/mol. The highest BCUT2D eigenvalue weighted by Crippen LogP contribution is 2.30. The zero-order chi connectivity index (χ0) is 19.8. The van der Waals surface area contributed by atoms with Crippen LogP contribution in [0.1, 0.15) is 21.5 Å². The van der Waals surface area contributed by atoms with Gasteiger partial charge < -0.3 is 9.47 Å². The summed E-state index contributed by atoms with van der Waals surface area (Å²) in [7, 11) is 1.57. The van der Waals surface area contributed by atoms with Crippen LogP contribution in [0.25, 0.3) is 0 Å². The number of para-hydroxylation sites is 1. The Labute approximate surface area is 168 Å². The number of amides is 1.